The second-order valence-electron chi connectivity index (χ2n) is 10.5. The summed E-state index contributed by atoms with van der Waals surface area (Å²) in [6.45, 7) is 3.68. The van der Waals surface area contributed by atoms with Crippen LogP contribution in [-0.2, 0) is 16.0 Å². The van der Waals surface area contributed by atoms with Gasteiger partial charge in [0.05, 0.1) is 18.5 Å². The van der Waals surface area contributed by atoms with E-state index in [9.17, 15) is 14.0 Å². The Labute approximate surface area is 208 Å². The summed E-state index contributed by atoms with van der Waals surface area (Å²) in [4.78, 5) is 38.7. The fourth-order valence-electron chi connectivity index (χ4n) is 6.54. The van der Waals surface area contributed by atoms with E-state index < -0.39 is 23.7 Å². The highest BCUT2D eigenvalue weighted by Gasteiger charge is 2.55. The molecule has 2 aliphatic carbocycles. The van der Waals surface area contributed by atoms with E-state index in [2.05, 4.69) is 42.8 Å². The van der Waals surface area contributed by atoms with Crippen molar-refractivity contribution in [3.8, 4) is 0 Å². The lowest BCUT2D eigenvalue weighted by molar-refractivity contribution is -0.123. The number of hydrogen-bond acceptors (Lipinski definition) is 8. The van der Waals surface area contributed by atoms with Gasteiger partial charge in [-0.15, -0.1) is 0 Å². The first-order valence-corrected chi connectivity index (χ1v) is 12.6. The zero-order chi connectivity index (χ0) is 25.0. The number of piperazine rings is 1. The maximum Gasteiger partial charge on any atom is 0.229 e. The lowest BCUT2D eigenvalue weighted by Crippen LogP contribution is -2.52. The van der Waals surface area contributed by atoms with Crippen molar-refractivity contribution in [1.82, 2.24) is 20.2 Å². The quantitative estimate of drug-likeness (QED) is 0.488. The lowest BCUT2D eigenvalue weighted by atomic mass is 9.81. The van der Waals surface area contributed by atoms with Crippen LogP contribution in [0.1, 0.15) is 18.4 Å². The molecular formula is C25H31FN8O2. The van der Waals surface area contributed by atoms with Gasteiger partial charge >= 0.3 is 0 Å². The van der Waals surface area contributed by atoms with Gasteiger partial charge in [-0.3, -0.25) is 9.59 Å². The fraction of sp³-hybridized carbons (Fsp3) is 0.520. The van der Waals surface area contributed by atoms with Gasteiger partial charge in [0.15, 0.2) is 11.6 Å². The average Bonchev–Trinajstić information content (AvgIpc) is 3.39. The summed E-state index contributed by atoms with van der Waals surface area (Å²) in [6.07, 6.45) is 2.79. The maximum absolute atomic E-state index is 14.7. The molecule has 190 valence electrons. The first-order valence-electron chi connectivity index (χ1n) is 12.6. The predicted octanol–water partition coefficient (Wildman–Crippen LogP) is 1.07. The van der Waals surface area contributed by atoms with Gasteiger partial charge in [-0.25, -0.2) is 9.37 Å². The Kier molecular flexibility index (Phi) is 5.66. The van der Waals surface area contributed by atoms with Crippen molar-refractivity contribution in [3.05, 3.63) is 35.8 Å². The summed E-state index contributed by atoms with van der Waals surface area (Å²) in [5.41, 5.74) is 8.41. The number of halogens is 1. The molecule has 2 saturated carbocycles. The number of rotatable bonds is 2. The Hall–Kier alpha value is -3.47. The summed E-state index contributed by atoms with van der Waals surface area (Å²) >= 11 is 0. The molecule has 11 heteroatoms. The van der Waals surface area contributed by atoms with Crippen LogP contribution in [0.25, 0.3) is 0 Å². The van der Waals surface area contributed by atoms with Crippen molar-refractivity contribution in [1.29, 1.82) is 0 Å². The Bertz CT molecular complexity index is 1200. The van der Waals surface area contributed by atoms with Crippen molar-refractivity contribution in [2.75, 3.05) is 48.8 Å². The number of amides is 2. The first kappa shape index (κ1) is 23.0. The largest absolute Gasteiger partial charge is 0.369 e. The molecule has 0 unspecified atom stereocenters. The van der Waals surface area contributed by atoms with Crippen molar-refractivity contribution in [2.45, 2.75) is 31.3 Å². The second-order valence-corrected chi connectivity index (χ2v) is 10.5. The number of nitrogens with two attached hydrogens (primary N) is 1. The van der Waals surface area contributed by atoms with Gasteiger partial charge in [0.1, 0.15) is 0 Å². The fourth-order valence-corrected chi connectivity index (χ4v) is 6.54. The first-order chi connectivity index (χ1) is 17.4. The highest BCUT2D eigenvalue weighted by molar-refractivity contribution is 5.83. The van der Waals surface area contributed by atoms with Crippen LogP contribution >= 0.6 is 0 Å². The number of fused-ring (bicyclic) bond motifs is 5. The van der Waals surface area contributed by atoms with Crippen LogP contribution in [0.3, 0.4) is 0 Å². The van der Waals surface area contributed by atoms with Crippen molar-refractivity contribution < 1.29 is 14.0 Å². The number of benzene rings is 1. The summed E-state index contributed by atoms with van der Waals surface area (Å²) in [5, 5.41) is 9.51. The van der Waals surface area contributed by atoms with E-state index in [4.69, 9.17) is 5.73 Å². The Morgan fingerprint density at radius 3 is 2.75 bits per heavy atom. The maximum atomic E-state index is 14.7. The molecule has 0 radical (unpaired) electrons. The van der Waals surface area contributed by atoms with Gasteiger partial charge < -0.3 is 31.5 Å². The van der Waals surface area contributed by atoms with Crippen LogP contribution in [0.15, 0.2) is 24.4 Å². The third kappa shape index (κ3) is 4.11. The minimum Gasteiger partial charge on any atom is -0.369 e. The van der Waals surface area contributed by atoms with E-state index >= 15 is 0 Å². The zero-order valence-electron chi connectivity index (χ0n) is 20.2. The predicted molar refractivity (Wildman–Crippen MR) is 133 cm³/mol. The number of aromatic nitrogens is 2. The molecule has 2 aliphatic heterocycles. The minimum atomic E-state index is -0.606. The smallest absolute Gasteiger partial charge is 0.229 e. The minimum absolute atomic E-state index is 0.0210. The van der Waals surface area contributed by atoms with E-state index in [1.165, 1.54) is 0 Å². The second kappa shape index (κ2) is 8.88. The number of likely N-dealkylation sites (N-methyl/N-ethyl adjacent to an activating group) is 1. The van der Waals surface area contributed by atoms with Crippen molar-refractivity contribution >= 4 is 35.0 Å². The molecule has 0 spiro atoms. The normalized spacial score (nSPS) is 29.7. The highest BCUT2D eigenvalue weighted by atomic mass is 19.1. The summed E-state index contributed by atoms with van der Waals surface area (Å²) < 4.78 is 14.7. The van der Waals surface area contributed by atoms with Crippen LogP contribution in [-0.4, -0.2) is 72.0 Å². The van der Waals surface area contributed by atoms with Gasteiger partial charge in [-0.05, 0) is 49.6 Å². The van der Waals surface area contributed by atoms with Crippen molar-refractivity contribution in [2.24, 2.45) is 23.5 Å². The molecular weight excluding hydrogens is 463 g/mol. The molecule has 2 amide bonds. The summed E-state index contributed by atoms with van der Waals surface area (Å²) in [6, 6.07) is 5.37. The van der Waals surface area contributed by atoms with Crippen LogP contribution in [0.4, 0.5) is 27.5 Å². The number of anilines is 4. The number of nitrogens with one attached hydrogen (secondary N) is 3. The van der Waals surface area contributed by atoms with Crippen LogP contribution in [0, 0.1) is 23.6 Å². The molecule has 4 aliphatic rings. The van der Waals surface area contributed by atoms with Crippen LogP contribution < -0.4 is 26.6 Å². The van der Waals surface area contributed by atoms with Crippen LogP contribution in [0.5, 0.6) is 0 Å². The third-order valence-corrected chi connectivity index (χ3v) is 8.26. The van der Waals surface area contributed by atoms with E-state index in [0.717, 1.165) is 50.0 Å². The van der Waals surface area contributed by atoms with E-state index in [1.54, 1.807) is 0 Å². The number of carbonyl (C=O) groups is 2. The molecule has 3 heterocycles. The van der Waals surface area contributed by atoms with E-state index in [-0.39, 0.29) is 42.0 Å². The Morgan fingerprint density at radius 2 is 1.97 bits per heavy atom. The lowest BCUT2D eigenvalue weighted by Gasteiger charge is -2.36. The molecule has 1 saturated heterocycles. The molecule has 6 rings (SSSR count). The summed E-state index contributed by atoms with van der Waals surface area (Å²) in [5.74, 6) is -1.29. The van der Waals surface area contributed by atoms with E-state index in [0.29, 0.717) is 12.1 Å². The molecule has 2 aromatic rings. The number of hydrogen-bond donors (Lipinski definition) is 4. The molecule has 3 fully saturated rings. The zero-order valence-corrected chi connectivity index (χ0v) is 20.2. The monoisotopic (exact) mass is 494 g/mol. The van der Waals surface area contributed by atoms with Gasteiger partial charge in [0.25, 0.3) is 0 Å². The number of carbonyl (C=O) groups excluding carboxylic acids is 2. The Morgan fingerprint density at radius 1 is 1.17 bits per heavy atom. The van der Waals surface area contributed by atoms with Gasteiger partial charge in [0, 0.05) is 55.6 Å². The molecule has 10 nitrogen and oxygen atoms in total. The molecule has 36 heavy (non-hydrogen) atoms. The van der Waals surface area contributed by atoms with Gasteiger partial charge in [0.2, 0.25) is 17.8 Å². The Balaban J connectivity index is 1.38. The van der Waals surface area contributed by atoms with E-state index in [1.807, 2.05) is 18.2 Å². The summed E-state index contributed by atoms with van der Waals surface area (Å²) in [7, 11) is 2.11. The topological polar surface area (TPSA) is 129 Å². The third-order valence-electron chi connectivity index (χ3n) is 8.26. The van der Waals surface area contributed by atoms with Gasteiger partial charge in [-0.2, -0.15) is 4.98 Å². The number of primary amides is 1. The number of nitrogens with zero attached hydrogens (tertiary/aromatic N) is 4. The standard InChI is InChI=1S/C25H31FN8O2/c1-33-4-6-34(7-5-33)19-3-2-15-8-13(19)11-20(35)30-18-10-14-9-16(18)22(21(14)23(27)36)31-24-17(26)12-28-25(29-15)32-24/h2-3,8,12,14,16,18,21-22H,4-7,9-11H2,1H3,(H2,27,36)(H,30,35)(H2,28,29,31,32)/t14-,16+,18+,21-,22+/m0/s1. The molecule has 1 aromatic heterocycles. The molecule has 1 aromatic carbocycles. The van der Waals surface area contributed by atoms with Crippen LogP contribution in [0.2, 0.25) is 0 Å². The molecule has 6 bridgehead atoms. The SMILES string of the molecule is CN1CCN(c2ccc3cc2CC(=O)N[C@@H]2C[C@@H]4C[C@H]2[C@@H](Nc2nc(ncc2F)N3)[C@H]4C(N)=O)CC1. The molecule has 5 atom stereocenters. The highest BCUT2D eigenvalue weighted by Crippen LogP contribution is 2.49. The average molecular weight is 495 g/mol. The van der Waals surface area contributed by atoms with Gasteiger partial charge in [-0.1, -0.05) is 0 Å². The van der Waals surface area contributed by atoms with Crippen molar-refractivity contribution in [3.63, 3.8) is 0 Å². The molecule has 5 N–H and O–H groups in total.